The van der Waals surface area contributed by atoms with Gasteiger partial charge >= 0.3 is 11.8 Å². The van der Waals surface area contributed by atoms with Crippen molar-refractivity contribution >= 4 is 23.2 Å². The second-order valence-electron chi connectivity index (χ2n) is 4.82. The van der Waals surface area contributed by atoms with Gasteiger partial charge in [-0.15, -0.1) is 0 Å². The number of anilines is 2. The van der Waals surface area contributed by atoms with E-state index in [4.69, 9.17) is 0 Å². The average Bonchev–Trinajstić information content (AvgIpc) is 2.50. The molecule has 2 aromatic carbocycles. The summed E-state index contributed by atoms with van der Waals surface area (Å²) in [5.41, 5.74) is 1.61. The predicted octanol–water partition coefficient (Wildman–Crippen LogP) is 3.13. The number of aryl methyl sites for hydroxylation is 1. The monoisotopic (exact) mass is 300 g/mol. The highest BCUT2D eigenvalue weighted by Crippen LogP contribution is 2.17. The molecule has 22 heavy (non-hydrogen) atoms. The summed E-state index contributed by atoms with van der Waals surface area (Å²) >= 11 is 0. The summed E-state index contributed by atoms with van der Waals surface area (Å²) in [5, 5.41) is 2.30. The maximum atomic E-state index is 13.5. The van der Waals surface area contributed by atoms with E-state index in [0.717, 1.165) is 5.56 Å². The first kappa shape index (κ1) is 15.7. The lowest BCUT2D eigenvalue weighted by Crippen LogP contribution is -2.39. The smallest absolute Gasteiger partial charge is 0.315 e. The first-order valence-corrected chi connectivity index (χ1v) is 6.97. The minimum atomic E-state index is -0.867. The Hall–Kier alpha value is -2.69. The van der Waals surface area contributed by atoms with Gasteiger partial charge in [-0.2, -0.15) is 0 Å². The number of nitrogens with one attached hydrogen (secondary N) is 1. The number of halogens is 1. The lowest BCUT2D eigenvalue weighted by Gasteiger charge is -2.20. The molecule has 0 heterocycles. The van der Waals surface area contributed by atoms with Crippen LogP contribution in [0.15, 0.2) is 48.5 Å². The molecule has 5 heteroatoms. The third-order valence-electron chi connectivity index (χ3n) is 3.19. The van der Waals surface area contributed by atoms with Crippen molar-refractivity contribution in [1.29, 1.82) is 0 Å². The zero-order valence-corrected chi connectivity index (χ0v) is 12.5. The number of benzene rings is 2. The second-order valence-corrected chi connectivity index (χ2v) is 4.82. The van der Waals surface area contributed by atoms with Gasteiger partial charge in [-0.3, -0.25) is 9.59 Å². The largest absolute Gasteiger partial charge is 0.316 e. The summed E-state index contributed by atoms with van der Waals surface area (Å²) in [6, 6.07) is 13.0. The molecule has 0 saturated heterocycles. The molecule has 2 amide bonds. The fourth-order valence-electron chi connectivity index (χ4n) is 2.10. The molecule has 0 radical (unpaired) electrons. The molecule has 0 aliphatic rings. The lowest BCUT2D eigenvalue weighted by molar-refractivity contribution is -0.134. The average molecular weight is 300 g/mol. The number of likely N-dealkylation sites (N-methyl/N-ethyl adjacent to an activating group) is 1. The van der Waals surface area contributed by atoms with Gasteiger partial charge < -0.3 is 10.2 Å². The van der Waals surface area contributed by atoms with E-state index in [1.54, 1.807) is 19.1 Å². The van der Waals surface area contributed by atoms with E-state index >= 15 is 0 Å². The minimum Gasteiger partial charge on any atom is -0.315 e. The predicted molar refractivity (Wildman–Crippen MR) is 84.2 cm³/mol. The van der Waals surface area contributed by atoms with E-state index in [9.17, 15) is 14.0 Å². The Morgan fingerprint density at radius 1 is 1.14 bits per heavy atom. The van der Waals surface area contributed by atoms with Crippen molar-refractivity contribution in [2.75, 3.05) is 16.8 Å². The molecule has 0 aromatic heterocycles. The van der Waals surface area contributed by atoms with Crippen LogP contribution < -0.4 is 10.2 Å². The van der Waals surface area contributed by atoms with Gasteiger partial charge in [0.15, 0.2) is 0 Å². The molecule has 4 nitrogen and oxygen atoms in total. The van der Waals surface area contributed by atoms with Crippen LogP contribution in [0.2, 0.25) is 0 Å². The van der Waals surface area contributed by atoms with E-state index in [1.165, 1.54) is 23.1 Å². The van der Waals surface area contributed by atoms with Crippen molar-refractivity contribution < 1.29 is 14.0 Å². The van der Waals surface area contributed by atoms with Gasteiger partial charge in [0, 0.05) is 12.2 Å². The number of amides is 2. The molecule has 0 fully saturated rings. The Bertz CT molecular complexity index is 701. The van der Waals surface area contributed by atoms with Gasteiger partial charge in [-0.05, 0) is 43.7 Å². The molecule has 1 N–H and O–H groups in total. The SMILES string of the molecule is CCN(C(=O)C(=O)Nc1ccccc1F)c1cccc(C)c1. The van der Waals surface area contributed by atoms with Crippen LogP contribution in [0, 0.1) is 12.7 Å². The lowest BCUT2D eigenvalue weighted by atomic mass is 10.2. The zero-order chi connectivity index (χ0) is 16.1. The highest BCUT2D eigenvalue weighted by molar-refractivity contribution is 6.44. The zero-order valence-electron chi connectivity index (χ0n) is 12.5. The van der Waals surface area contributed by atoms with E-state index in [-0.39, 0.29) is 5.69 Å². The van der Waals surface area contributed by atoms with Crippen LogP contribution in [-0.4, -0.2) is 18.4 Å². The maximum Gasteiger partial charge on any atom is 0.316 e. The minimum absolute atomic E-state index is 0.0128. The topological polar surface area (TPSA) is 49.4 Å². The molecule has 2 rings (SSSR count). The molecule has 0 atom stereocenters. The van der Waals surface area contributed by atoms with Crippen LogP contribution in [-0.2, 0) is 9.59 Å². The van der Waals surface area contributed by atoms with Gasteiger partial charge in [0.2, 0.25) is 0 Å². The van der Waals surface area contributed by atoms with Crippen LogP contribution in [0.3, 0.4) is 0 Å². The molecule has 0 aliphatic heterocycles. The number of carbonyl (C=O) groups excluding carboxylic acids is 2. The molecule has 0 aliphatic carbocycles. The van der Waals surface area contributed by atoms with Crippen molar-refractivity contribution in [2.45, 2.75) is 13.8 Å². The van der Waals surface area contributed by atoms with E-state index in [2.05, 4.69) is 5.32 Å². The van der Waals surface area contributed by atoms with Crippen LogP contribution in [0.4, 0.5) is 15.8 Å². The summed E-state index contributed by atoms with van der Waals surface area (Å²) in [5.74, 6) is -2.17. The second kappa shape index (κ2) is 6.85. The fraction of sp³-hybridized carbons (Fsp3) is 0.176. The Balaban J connectivity index is 2.18. The molecule has 0 bridgehead atoms. The number of para-hydroxylation sites is 1. The highest BCUT2D eigenvalue weighted by atomic mass is 19.1. The molecule has 0 unspecified atom stereocenters. The molecule has 2 aromatic rings. The van der Waals surface area contributed by atoms with Crippen molar-refractivity contribution in [1.82, 2.24) is 0 Å². The van der Waals surface area contributed by atoms with E-state index in [0.29, 0.717) is 12.2 Å². The third-order valence-corrected chi connectivity index (χ3v) is 3.19. The van der Waals surface area contributed by atoms with Gasteiger partial charge in [0.1, 0.15) is 5.82 Å². The van der Waals surface area contributed by atoms with Crippen molar-refractivity contribution in [2.24, 2.45) is 0 Å². The number of hydrogen-bond donors (Lipinski definition) is 1. The molecular formula is C17H17FN2O2. The Morgan fingerprint density at radius 2 is 1.86 bits per heavy atom. The van der Waals surface area contributed by atoms with Gasteiger partial charge in [-0.1, -0.05) is 24.3 Å². The first-order chi connectivity index (χ1) is 10.5. The summed E-state index contributed by atoms with van der Waals surface area (Å²) < 4.78 is 13.5. The number of carbonyl (C=O) groups is 2. The summed E-state index contributed by atoms with van der Waals surface area (Å²) in [7, 11) is 0. The van der Waals surface area contributed by atoms with Gasteiger partial charge in [-0.25, -0.2) is 4.39 Å². The highest BCUT2D eigenvalue weighted by Gasteiger charge is 2.22. The quantitative estimate of drug-likeness (QED) is 0.885. The normalized spacial score (nSPS) is 10.1. The Morgan fingerprint density at radius 3 is 2.50 bits per heavy atom. The molecule has 114 valence electrons. The fourth-order valence-corrected chi connectivity index (χ4v) is 2.10. The summed E-state index contributed by atoms with van der Waals surface area (Å²) in [6.45, 7) is 4.02. The Kier molecular flexibility index (Phi) is 4.88. The number of hydrogen-bond acceptors (Lipinski definition) is 2. The van der Waals surface area contributed by atoms with Crippen LogP contribution in [0.1, 0.15) is 12.5 Å². The van der Waals surface area contributed by atoms with E-state index in [1.807, 2.05) is 25.1 Å². The van der Waals surface area contributed by atoms with Crippen molar-refractivity contribution in [3.8, 4) is 0 Å². The number of nitrogens with zero attached hydrogens (tertiary/aromatic N) is 1. The molecule has 0 spiro atoms. The number of rotatable bonds is 3. The summed E-state index contributed by atoms with van der Waals surface area (Å²) in [6.07, 6.45) is 0. The molecule has 0 saturated carbocycles. The summed E-state index contributed by atoms with van der Waals surface area (Å²) in [4.78, 5) is 25.7. The van der Waals surface area contributed by atoms with Crippen LogP contribution in [0.25, 0.3) is 0 Å². The van der Waals surface area contributed by atoms with Crippen molar-refractivity contribution in [3.63, 3.8) is 0 Å². The third kappa shape index (κ3) is 3.49. The maximum absolute atomic E-state index is 13.5. The van der Waals surface area contributed by atoms with E-state index < -0.39 is 17.6 Å². The van der Waals surface area contributed by atoms with Gasteiger partial charge in [0.05, 0.1) is 5.69 Å². The van der Waals surface area contributed by atoms with Crippen LogP contribution in [0.5, 0.6) is 0 Å². The Labute approximate surface area is 128 Å². The van der Waals surface area contributed by atoms with Gasteiger partial charge in [0.25, 0.3) is 0 Å². The molecular weight excluding hydrogens is 283 g/mol. The van der Waals surface area contributed by atoms with Crippen molar-refractivity contribution in [3.05, 3.63) is 59.9 Å². The standard InChI is InChI=1S/C17H17FN2O2/c1-3-20(13-8-6-7-12(2)11-13)17(22)16(21)19-15-10-5-4-9-14(15)18/h4-11H,3H2,1-2H3,(H,19,21). The first-order valence-electron chi connectivity index (χ1n) is 6.97. The van der Waals surface area contributed by atoms with Crippen LogP contribution >= 0.6 is 0 Å².